The molecule has 0 bridgehead atoms. The minimum absolute atomic E-state index is 0.0439. The molecule has 1 atom stereocenters. The van der Waals surface area contributed by atoms with E-state index in [2.05, 4.69) is 36.4 Å². The molecule has 40 heavy (non-hydrogen) atoms. The lowest BCUT2D eigenvalue weighted by Crippen LogP contribution is -2.38. The van der Waals surface area contributed by atoms with Gasteiger partial charge in [-0.3, -0.25) is 9.36 Å². The van der Waals surface area contributed by atoms with E-state index in [9.17, 15) is 9.18 Å². The number of nitrogens with zero attached hydrogens (tertiary/aromatic N) is 3. The lowest BCUT2D eigenvalue weighted by molar-refractivity contribution is 0.585. The van der Waals surface area contributed by atoms with Gasteiger partial charge in [0.05, 0.1) is 21.3 Å². The normalized spacial score (nSPS) is 16.4. The summed E-state index contributed by atoms with van der Waals surface area (Å²) in [5.74, 6) is -0.451. The summed E-state index contributed by atoms with van der Waals surface area (Å²) < 4.78 is 18.3. The van der Waals surface area contributed by atoms with Gasteiger partial charge in [0.25, 0.3) is 5.56 Å². The fourth-order valence-corrected chi connectivity index (χ4v) is 7.22. The summed E-state index contributed by atoms with van der Waals surface area (Å²) in [5, 5.41) is 0.0753. The fourth-order valence-electron chi connectivity index (χ4n) is 6.05. The maximum Gasteiger partial charge on any atom is 0.271 e. The number of aromatic nitrogens is 2. The highest BCUT2D eigenvalue weighted by atomic mass is 35.5. The van der Waals surface area contributed by atoms with E-state index in [0.29, 0.717) is 9.33 Å². The second kappa shape index (κ2) is 9.58. The van der Waals surface area contributed by atoms with E-state index < -0.39 is 5.82 Å². The highest BCUT2D eigenvalue weighted by Crippen LogP contribution is 2.41. The standard InChI is InChI=1S/C33H25ClFN3OS/c1-19-16-23(20(2)37(19)24-13-15-28(35)27(34)18-24)17-29-32(39)38-31(22-9-4-3-5-10-22)26-14-12-21-8-6-7-11-25(21)30(26)36-33(38)40-29/h3-11,13,15-18,31H,12,14H2,1-2H3/b29-17-/t31-/m1/s1. The lowest BCUT2D eigenvalue weighted by Gasteiger charge is -2.30. The number of aryl methyl sites for hydroxylation is 2. The van der Waals surface area contributed by atoms with Crippen LogP contribution in [0.2, 0.25) is 5.02 Å². The number of hydrogen-bond acceptors (Lipinski definition) is 3. The van der Waals surface area contributed by atoms with E-state index >= 15 is 0 Å². The van der Waals surface area contributed by atoms with Crippen molar-refractivity contribution in [2.45, 2.75) is 32.7 Å². The Morgan fingerprint density at radius 1 is 1.00 bits per heavy atom. The third kappa shape index (κ3) is 3.94. The second-order valence-electron chi connectivity index (χ2n) is 10.3. The molecule has 3 heterocycles. The van der Waals surface area contributed by atoms with Gasteiger partial charge < -0.3 is 4.57 Å². The Labute approximate surface area is 239 Å². The van der Waals surface area contributed by atoms with Crippen LogP contribution in [0.15, 0.2) is 94.2 Å². The highest BCUT2D eigenvalue weighted by molar-refractivity contribution is 7.07. The quantitative estimate of drug-likeness (QED) is 0.245. The Bertz CT molecular complexity index is 2030. The molecule has 0 fully saturated rings. The first-order valence-electron chi connectivity index (χ1n) is 13.2. The molecule has 0 spiro atoms. The average molecular weight is 566 g/mol. The molecule has 0 saturated heterocycles. The molecule has 0 saturated carbocycles. The summed E-state index contributed by atoms with van der Waals surface area (Å²) in [6.07, 6.45) is 3.74. The van der Waals surface area contributed by atoms with Crippen molar-refractivity contribution < 1.29 is 4.39 Å². The van der Waals surface area contributed by atoms with Crippen LogP contribution in [0, 0.1) is 19.7 Å². The smallest absolute Gasteiger partial charge is 0.271 e. The van der Waals surface area contributed by atoms with Gasteiger partial charge in [-0.05, 0) is 79.3 Å². The number of benzene rings is 3. The van der Waals surface area contributed by atoms with Crippen molar-refractivity contribution in [2.24, 2.45) is 4.99 Å². The summed E-state index contributed by atoms with van der Waals surface area (Å²) >= 11 is 7.50. The Hall–Kier alpha value is -4.00. The first kappa shape index (κ1) is 25.0. The van der Waals surface area contributed by atoms with Crippen LogP contribution in [0.4, 0.5) is 4.39 Å². The maximum absolute atomic E-state index is 14.1. The van der Waals surface area contributed by atoms with Gasteiger partial charge in [0.15, 0.2) is 4.80 Å². The molecule has 198 valence electrons. The molecule has 1 aliphatic carbocycles. The summed E-state index contributed by atoms with van der Waals surface area (Å²) in [6.45, 7) is 3.99. The van der Waals surface area contributed by atoms with Gasteiger partial charge in [0, 0.05) is 22.6 Å². The molecule has 0 radical (unpaired) electrons. The van der Waals surface area contributed by atoms with E-state index in [-0.39, 0.29) is 16.6 Å². The van der Waals surface area contributed by atoms with Crippen LogP contribution in [0.5, 0.6) is 0 Å². The van der Waals surface area contributed by atoms with Crippen LogP contribution in [0.25, 0.3) is 17.5 Å². The summed E-state index contributed by atoms with van der Waals surface area (Å²) in [7, 11) is 0. The van der Waals surface area contributed by atoms with Crippen molar-refractivity contribution in [3.8, 4) is 5.69 Å². The third-order valence-corrected chi connectivity index (χ3v) is 9.18. The highest BCUT2D eigenvalue weighted by Gasteiger charge is 2.32. The number of allylic oxidation sites excluding steroid dienone is 1. The van der Waals surface area contributed by atoms with Crippen molar-refractivity contribution >= 4 is 34.7 Å². The van der Waals surface area contributed by atoms with Crippen LogP contribution < -0.4 is 14.9 Å². The monoisotopic (exact) mass is 565 g/mol. The molecule has 4 nitrogen and oxygen atoms in total. The van der Waals surface area contributed by atoms with Crippen molar-refractivity contribution in [1.29, 1.82) is 0 Å². The number of rotatable bonds is 3. The van der Waals surface area contributed by atoms with Crippen molar-refractivity contribution in [3.63, 3.8) is 0 Å². The Balaban J connectivity index is 1.43. The second-order valence-corrected chi connectivity index (χ2v) is 11.7. The van der Waals surface area contributed by atoms with Crippen molar-refractivity contribution in [3.05, 3.63) is 149 Å². The average Bonchev–Trinajstić information content (AvgIpc) is 3.43. The van der Waals surface area contributed by atoms with Crippen molar-refractivity contribution in [1.82, 2.24) is 9.13 Å². The van der Waals surface area contributed by atoms with E-state index in [1.54, 1.807) is 12.1 Å². The van der Waals surface area contributed by atoms with E-state index in [0.717, 1.165) is 52.3 Å². The van der Waals surface area contributed by atoms with Gasteiger partial charge in [0.1, 0.15) is 5.82 Å². The number of fused-ring (bicyclic) bond motifs is 3. The predicted molar refractivity (Wildman–Crippen MR) is 159 cm³/mol. The summed E-state index contributed by atoms with van der Waals surface area (Å²) in [4.78, 5) is 19.9. The summed E-state index contributed by atoms with van der Waals surface area (Å²) in [6, 6.07) is 25.2. The zero-order valence-corrected chi connectivity index (χ0v) is 23.6. The van der Waals surface area contributed by atoms with Crippen LogP contribution in [-0.2, 0) is 6.42 Å². The summed E-state index contributed by atoms with van der Waals surface area (Å²) in [5.41, 5.74) is 9.29. The minimum atomic E-state index is -0.451. The molecule has 0 unspecified atom stereocenters. The molecule has 0 amide bonds. The maximum atomic E-state index is 14.1. The van der Waals surface area contributed by atoms with E-state index in [1.165, 1.54) is 28.5 Å². The Morgan fingerprint density at radius 3 is 2.58 bits per heavy atom. The predicted octanol–water partition coefficient (Wildman–Crippen LogP) is 6.52. The molecule has 2 aliphatic rings. The van der Waals surface area contributed by atoms with Crippen LogP contribution in [0.1, 0.15) is 46.1 Å². The number of hydrogen-bond donors (Lipinski definition) is 0. The van der Waals surface area contributed by atoms with E-state index in [4.69, 9.17) is 16.6 Å². The lowest BCUT2D eigenvalue weighted by atomic mass is 9.83. The number of thiazole rings is 1. The third-order valence-electron chi connectivity index (χ3n) is 7.91. The van der Waals surface area contributed by atoms with Gasteiger partial charge >= 0.3 is 0 Å². The van der Waals surface area contributed by atoms with Crippen molar-refractivity contribution in [2.75, 3.05) is 0 Å². The molecule has 2 aromatic heterocycles. The van der Waals surface area contributed by atoms with Crippen LogP contribution >= 0.6 is 22.9 Å². The fraction of sp³-hybridized carbons (Fsp3) is 0.152. The van der Waals surface area contributed by atoms with Gasteiger partial charge in [-0.2, -0.15) is 0 Å². The molecule has 5 aromatic rings. The molecule has 0 N–H and O–H groups in total. The van der Waals surface area contributed by atoms with Gasteiger partial charge in [-0.25, -0.2) is 9.38 Å². The first-order chi connectivity index (χ1) is 19.4. The Morgan fingerprint density at radius 2 is 1.77 bits per heavy atom. The molecule has 3 aromatic carbocycles. The SMILES string of the molecule is Cc1cc(/C=c2\sc3n(c2=O)[C@H](c2ccccc2)C2=C(N=3)c3ccccc3CC2)c(C)n1-c1ccc(F)c(Cl)c1. The molecule has 1 aliphatic heterocycles. The van der Waals surface area contributed by atoms with Gasteiger partial charge in [-0.1, -0.05) is 77.5 Å². The van der Waals surface area contributed by atoms with E-state index in [1.807, 2.05) is 53.3 Å². The minimum Gasteiger partial charge on any atom is -0.318 e. The zero-order chi connectivity index (χ0) is 27.5. The number of halogens is 2. The first-order valence-corrected chi connectivity index (χ1v) is 14.4. The van der Waals surface area contributed by atoms with Crippen LogP contribution in [-0.4, -0.2) is 9.13 Å². The topological polar surface area (TPSA) is 39.3 Å². The molecule has 7 rings (SSSR count). The van der Waals surface area contributed by atoms with Gasteiger partial charge in [-0.15, -0.1) is 0 Å². The molecule has 7 heteroatoms. The Kier molecular flexibility index (Phi) is 5.99. The molecular formula is C33H25ClFN3OS. The molecular weight excluding hydrogens is 541 g/mol. The van der Waals surface area contributed by atoms with Gasteiger partial charge in [0.2, 0.25) is 0 Å². The largest absolute Gasteiger partial charge is 0.318 e. The zero-order valence-electron chi connectivity index (χ0n) is 22.0. The van der Waals surface area contributed by atoms with Crippen LogP contribution in [0.3, 0.4) is 0 Å².